The van der Waals surface area contributed by atoms with Crippen molar-refractivity contribution in [2.24, 2.45) is 0 Å². The molecule has 0 saturated carbocycles. The predicted molar refractivity (Wildman–Crippen MR) is 120 cm³/mol. The molecule has 160 valence electrons. The Hall–Kier alpha value is -4.31. The number of methoxy groups -OCH3 is 1. The van der Waals surface area contributed by atoms with E-state index in [1.54, 1.807) is 0 Å². The van der Waals surface area contributed by atoms with Gasteiger partial charge in [0.2, 0.25) is 0 Å². The number of nitrogens with one attached hydrogen (secondary N) is 1. The molecule has 0 unspecified atom stereocenters. The molecule has 0 bridgehead atoms. The molecule has 0 aliphatic heterocycles. The zero-order valence-electron chi connectivity index (χ0n) is 17.3. The van der Waals surface area contributed by atoms with E-state index in [-0.39, 0.29) is 24.8 Å². The van der Waals surface area contributed by atoms with Gasteiger partial charge in [0.25, 0.3) is 5.69 Å². The monoisotopic (exact) mass is 428 g/mol. The van der Waals surface area contributed by atoms with Gasteiger partial charge in [-0.05, 0) is 28.3 Å². The van der Waals surface area contributed by atoms with Crippen LogP contribution in [0.4, 0.5) is 10.5 Å². The number of alkyl carbamates (subject to hydrolysis) is 1. The lowest BCUT2D eigenvalue weighted by atomic mass is 9.98. The van der Waals surface area contributed by atoms with Gasteiger partial charge >= 0.3 is 6.09 Å². The second kappa shape index (κ2) is 9.23. The molecule has 1 amide bonds. The van der Waals surface area contributed by atoms with Crippen molar-refractivity contribution >= 4 is 11.8 Å². The minimum atomic E-state index is -0.577. The largest absolute Gasteiger partial charge is 0.495 e. The third-order valence-electron chi connectivity index (χ3n) is 5.28. The van der Waals surface area contributed by atoms with Crippen molar-refractivity contribution in [3.8, 4) is 28.7 Å². The number of nitrogens with zero attached hydrogens (tertiary/aromatic N) is 1. The fourth-order valence-electron chi connectivity index (χ4n) is 3.81. The fourth-order valence-corrected chi connectivity index (χ4v) is 3.81. The quantitative estimate of drug-likeness (QED) is 0.367. The molecule has 0 heterocycles. The first kappa shape index (κ1) is 20.9. The number of ether oxygens (including phenoxy) is 2. The van der Waals surface area contributed by atoms with Crippen molar-refractivity contribution in [3.63, 3.8) is 0 Å². The summed E-state index contributed by atoms with van der Waals surface area (Å²) >= 11 is 0. The summed E-state index contributed by atoms with van der Waals surface area (Å²) in [5.74, 6) is 5.96. The Labute approximate surface area is 185 Å². The summed E-state index contributed by atoms with van der Waals surface area (Å²) in [7, 11) is 1.46. The van der Waals surface area contributed by atoms with E-state index in [4.69, 9.17) is 9.47 Å². The Morgan fingerprint density at radius 3 is 2.34 bits per heavy atom. The zero-order valence-corrected chi connectivity index (χ0v) is 17.3. The maximum atomic E-state index is 12.2. The molecule has 0 atom stereocenters. The SMILES string of the molecule is COc1ccc([N+](=O)[O-])cc1C#CCNC(=O)OCC1c2ccccc2-c2ccccc21. The molecule has 0 spiro atoms. The lowest BCUT2D eigenvalue weighted by Crippen LogP contribution is -2.26. The zero-order chi connectivity index (χ0) is 22.5. The van der Waals surface area contributed by atoms with Crippen LogP contribution in [-0.2, 0) is 4.74 Å². The molecule has 0 saturated heterocycles. The number of hydrogen-bond acceptors (Lipinski definition) is 5. The van der Waals surface area contributed by atoms with Crippen LogP contribution >= 0.6 is 0 Å². The normalized spacial score (nSPS) is 11.5. The molecule has 7 nitrogen and oxygen atoms in total. The van der Waals surface area contributed by atoms with E-state index in [9.17, 15) is 14.9 Å². The average Bonchev–Trinajstić information content (AvgIpc) is 3.14. The minimum absolute atomic E-state index is 0.0200. The summed E-state index contributed by atoms with van der Waals surface area (Å²) in [6, 6.07) is 20.4. The predicted octanol–water partition coefficient (Wildman–Crippen LogP) is 4.49. The van der Waals surface area contributed by atoms with E-state index in [1.165, 1.54) is 25.3 Å². The van der Waals surface area contributed by atoms with Crippen LogP contribution < -0.4 is 10.1 Å². The summed E-state index contributed by atoms with van der Waals surface area (Å²) in [6.45, 7) is 0.245. The van der Waals surface area contributed by atoms with Gasteiger partial charge in [-0.2, -0.15) is 0 Å². The molecule has 1 aliphatic carbocycles. The second-order valence-electron chi connectivity index (χ2n) is 7.12. The van der Waals surface area contributed by atoms with Gasteiger partial charge in [0, 0.05) is 18.1 Å². The van der Waals surface area contributed by atoms with Crippen molar-refractivity contribution in [3.05, 3.63) is 93.5 Å². The Morgan fingerprint density at radius 1 is 1.06 bits per heavy atom. The van der Waals surface area contributed by atoms with E-state index < -0.39 is 11.0 Å². The first-order valence-electron chi connectivity index (χ1n) is 9.98. The Balaban J connectivity index is 1.37. The molecule has 0 fully saturated rings. The number of hydrogen-bond donors (Lipinski definition) is 1. The molecule has 3 aromatic carbocycles. The summed E-state index contributed by atoms with van der Waals surface area (Å²) in [6.07, 6.45) is -0.577. The molecule has 1 aliphatic rings. The highest BCUT2D eigenvalue weighted by atomic mass is 16.6. The highest BCUT2D eigenvalue weighted by Crippen LogP contribution is 2.44. The van der Waals surface area contributed by atoms with Crippen LogP contribution in [0.15, 0.2) is 66.7 Å². The third-order valence-corrected chi connectivity index (χ3v) is 5.28. The number of benzene rings is 3. The van der Waals surface area contributed by atoms with Crippen molar-refractivity contribution < 1.29 is 19.2 Å². The van der Waals surface area contributed by atoms with Crippen molar-refractivity contribution in [2.75, 3.05) is 20.3 Å². The molecule has 32 heavy (non-hydrogen) atoms. The van der Waals surface area contributed by atoms with Crippen LogP contribution in [0.25, 0.3) is 11.1 Å². The van der Waals surface area contributed by atoms with E-state index in [0.29, 0.717) is 11.3 Å². The number of fused-ring (bicyclic) bond motifs is 3. The summed E-state index contributed by atoms with van der Waals surface area (Å²) in [4.78, 5) is 22.6. The first-order chi connectivity index (χ1) is 15.6. The van der Waals surface area contributed by atoms with Crippen LogP contribution in [0.1, 0.15) is 22.6 Å². The molecule has 1 N–H and O–H groups in total. The van der Waals surface area contributed by atoms with E-state index in [1.807, 2.05) is 24.3 Å². The number of non-ortho nitro benzene ring substituents is 1. The van der Waals surface area contributed by atoms with Gasteiger partial charge in [-0.1, -0.05) is 60.4 Å². The molecule has 4 rings (SSSR count). The van der Waals surface area contributed by atoms with Gasteiger partial charge in [0.15, 0.2) is 0 Å². The van der Waals surface area contributed by atoms with Crippen LogP contribution in [0.2, 0.25) is 0 Å². The van der Waals surface area contributed by atoms with E-state index >= 15 is 0 Å². The first-order valence-corrected chi connectivity index (χ1v) is 9.98. The lowest BCUT2D eigenvalue weighted by molar-refractivity contribution is -0.384. The Kier molecular flexibility index (Phi) is 6.04. The van der Waals surface area contributed by atoms with Gasteiger partial charge in [0.1, 0.15) is 12.4 Å². The maximum absolute atomic E-state index is 12.2. The lowest BCUT2D eigenvalue weighted by Gasteiger charge is -2.14. The molecule has 0 aromatic heterocycles. The topological polar surface area (TPSA) is 90.7 Å². The Morgan fingerprint density at radius 2 is 1.72 bits per heavy atom. The Bertz CT molecular complexity index is 1200. The van der Waals surface area contributed by atoms with Crippen LogP contribution in [-0.4, -0.2) is 31.3 Å². The molecule has 7 heteroatoms. The maximum Gasteiger partial charge on any atom is 0.407 e. The number of carbonyl (C=O) groups excluding carboxylic acids is 1. The standard InChI is InChI=1S/C25H20N2O5/c1-31-24-13-12-18(27(29)30)15-17(24)7-6-14-26-25(28)32-16-23-21-10-4-2-8-19(21)20-9-3-5-11-22(20)23/h2-5,8-13,15,23H,14,16H2,1H3,(H,26,28). The molecular formula is C25H20N2O5. The van der Waals surface area contributed by atoms with Crippen molar-refractivity contribution in [1.29, 1.82) is 0 Å². The molecule has 3 aromatic rings. The molecule has 0 radical (unpaired) electrons. The number of carbonyl (C=O) groups is 1. The van der Waals surface area contributed by atoms with E-state index in [2.05, 4.69) is 41.4 Å². The van der Waals surface area contributed by atoms with Crippen molar-refractivity contribution in [2.45, 2.75) is 5.92 Å². The highest BCUT2D eigenvalue weighted by molar-refractivity contribution is 5.79. The summed E-state index contributed by atoms with van der Waals surface area (Å²) in [5.41, 5.74) is 4.89. The average molecular weight is 428 g/mol. The third kappa shape index (κ3) is 4.25. The smallest absolute Gasteiger partial charge is 0.407 e. The summed E-state index contributed by atoms with van der Waals surface area (Å²) in [5, 5.41) is 13.5. The van der Waals surface area contributed by atoms with Crippen LogP contribution in [0.3, 0.4) is 0 Å². The van der Waals surface area contributed by atoms with Gasteiger partial charge < -0.3 is 14.8 Å². The van der Waals surface area contributed by atoms with Crippen molar-refractivity contribution in [1.82, 2.24) is 5.32 Å². The van der Waals surface area contributed by atoms with Crippen LogP contribution in [0.5, 0.6) is 5.75 Å². The van der Waals surface area contributed by atoms with Gasteiger partial charge in [-0.15, -0.1) is 0 Å². The van der Waals surface area contributed by atoms with Gasteiger partial charge in [0.05, 0.1) is 24.1 Å². The minimum Gasteiger partial charge on any atom is -0.495 e. The van der Waals surface area contributed by atoms with E-state index in [0.717, 1.165) is 22.3 Å². The number of rotatable bonds is 5. The second-order valence-corrected chi connectivity index (χ2v) is 7.12. The highest BCUT2D eigenvalue weighted by Gasteiger charge is 2.28. The fraction of sp³-hybridized carbons (Fsp3) is 0.160. The van der Waals surface area contributed by atoms with Crippen LogP contribution in [0, 0.1) is 22.0 Å². The summed E-state index contributed by atoms with van der Waals surface area (Å²) < 4.78 is 10.6. The number of nitro benzene ring substituents is 1. The van der Waals surface area contributed by atoms with Gasteiger partial charge in [-0.25, -0.2) is 4.79 Å². The molecular weight excluding hydrogens is 408 g/mol. The number of amides is 1. The number of nitro groups is 1. The van der Waals surface area contributed by atoms with Gasteiger partial charge in [-0.3, -0.25) is 10.1 Å².